The van der Waals surface area contributed by atoms with Gasteiger partial charge in [0.05, 0.1) is 11.1 Å². The summed E-state index contributed by atoms with van der Waals surface area (Å²) in [6.45, 7) is 7.29. The van der Waals surface area contributed by atoms with Gasteiger partial charge in [0.1, 0.15) is 11.6 Å². The maximum atomic E-state index is 12.0. The van der Waals surface area contributed by atoms with Gasteiger partial charge in [-0.2, -0.15) is 0 Å². The molecule has 0 saturated carbocycles. The van der Waals surface area contributed by atoms with E-state index in [0.717, 1.165) is 4.90 Å². The number of unbranched alkanes of at least 4 members (excludes halogenated alkanes) is 1. The van der Waals surface area contributed by atoms with Gasteiger partial charge in [-0.1, -0.05) is 0 Å². The molecule has 1 aliphatic rings. The van der Waals surface area contributed by atoms with Gasteiger partial charge in [-0.05, 0) is 62.9 Å². The van der Waals surface area contributed by atoms with Crippen LogP contribution in [-0.4, -0.2) is 53.6 Å². The molecule has 146 valence electrons. The van der Waals surface area contributed by atoms with E-state index in [9.17, 15) is 19.2 Å². The van der Waals surface area contributed by atoms with Crippen LogP contribution in [0, 0.1) is 0 Å². The maximum Gasteiger partial charge on any atom is 0.408 e. The van der Waals surface area contributed by atoms with Crippen molar-refractivity contribution < 1.29 is 28.7 Å². The number of imide groups is 1. The number of amides is 3. The highest BCUT2D eigenvalue weighted by atomic mass is 79.9. The van der Waals surface area contributed by atoms with Crippen LogP contribution in [-0.2, 0) is 23.9 Å². The molecular formula is C17H25BrN2O6. The predicted molar refractivity (Wildman–Crippen MR) is 97.4 cm³/mol. The second kappa shape index (κ2) is 9.70. The Bertz CT molecular complexity index is 597. The first-order chi connectivity index (χ1) is 12.0. The van der Waals surface area contributed by atoms with Gasteiger partial charge in [0.15, 0.2) is 0 Å². The zero-order chi connectivity index (χ0) is 19.9. The summed E-state index contributed by atoms with van der Waals surface area (Å²) in [4.78, 5) is 48.4. The fourth-order valence-corrected chi connectivity index (χ4v) is 2.66. The average Bonchev–Trinajstić information content (AvgIpc) is 2.74. The van der Waals surface area contributed by atoms with Crippen molar-refractivity contribution in [2.45, 2.75) is 58.6 Å². The number of carbonyl (C=O) groups is 4. The summed E-state index contributed by atoms with van der Waals surface area (Å²) >= 11 is 3.03. The molecule has 1 N–H and O–H groups in total. The molecule has 0 bridgehead atoms. The molecule has 0 radical (unpaired) electrons. The topological polar surface area (TPSA) is 102 Å². The molecule has 0 spiro atoms. The third-order valence-electron chi connectivity index (χ3n) is 3.35. The summed E-state index contributed by atoms with van der Waals surface area (Å²) in [6, 6.07) is -0.848. The summed E-state index contributed by atoms with van der Waals surface area (Å²) in [5.74, 6) is -1.28. The lowest BCUT2D eigenvalue weighted by Crippen LogP contribution is -2.44. The molecule has 0 fully saturated rings. The highest BCUT2D eigenvalue weighted by Gasteiger charge is 2.29. The SMILES string of the molecule is CCOC(=O)[C@H](CCCCN1C(=O)C=C(Br)C1=O)NC(=O)OC(C)(C)C. The average molecular weight is 433 g/mol. The minimum absolute atomic E-state index is 0.196. The lowest BCUT2D eigenvalue weighted by atomic mass is 10.1. The Morgan fingerprint density at radius 2 is 1.92 bits per heavy atom. The van der Waals surface area contributed by atoms with Gasteiger partial charge in [-0.3, -0.25) is 14.5 Å². The summed E-state index contributed by atoms with van der Waals surface area (Å²) in [7, 11) is 0. The molecule has 9 heteroatoms. The van der Waals surface area contributed by atoms with Crippen molar-refractivity contribution in [2.75, 3.05) is 13.2 Å². The van der Waals surface area contributed by atoms with Crippen molar-refractivity contribution in [1.29, 1.82) is 0 Å². The van der Waals surface area contributed by atoms with Gasteiger partial charge >= 0.3 is 12.1 Å². The monoisotopic (exact) mass is 432 g/mol. The minimum atomic E-state index is -0.848. The van der Waals surface area contributed by atoms with Crippen LogP contribution in [0.3, 0.4) is 0 Å². The molecule has 3 amide bonds. The number of nitrogens with one attached hydrogen (secondary N) is 1. The van der Waals surface area contributed by atoms with Crippen LogP contribution in [0.1, 0.15) is 47.0 Å². The number of hydrogen-bond donors (Lipinski definition) is 1. The molecule has 0 aromatic heterocycles. The standard InChI is InChI=1S/C17H25BrN2O6/c1-5-25-15(23)12(19-16(24)26-17(2,3)4)8-6-7-9-20-13(21)10-11(18)14(20)22/h10,12H,5-9H2,1-4H3,(H,19,24)/t12-/m0/s1. The van der Waals surface area contributed by atoms with Crippen LogP contribution in [0.5, 0.6) is 0 Å². The Labute approximate surface area is 161 Å². The third-order valence-corrected chi connectivity index (χ3v) is 3.92. The summed E-state index contributed by atoms with van der Waals surface area (Å²) in [5, 5.41) is 2.51. The van der Waals surface area contributed by atoms with E-state index in [1.54, 1.807) is 27.7 Å². The second-order valence-electron chi connectivity index (χ2n) is 6.73. The second-order valence-corrected chi connectivity index (χ2v) is 7.59. The molecule has 0 aromatic carbocycles. The van der Waals surface area contributed by atoms with Crippen LogP contribution in [0.4, 0.5) is 4.79 Å². The smallest absolute Gasteiger partial charge is 0.408 e. The van der Waals surface area contributed by atoms with Crippen molar-refractivity contribution >= 4 is 39.8 Å². The molecule has 0 aliphatic carbocycles. The predicted octanol–water partition coefficient (Wildman–Crippen LogP) is 2.26. The molecule has 0 aromatic rings. The Balaban J connectivity index is 2.51. The first-order valence-corrected chi connectivity index (χ1v) is 9.23. The van der Waals surface area contributed by atoms with E-state index >= 15 is 0 Å². The Hall–Kier alpha value is -1.90. The molecule has 1 rings (SSSR count). The van der Waals surface area contributed by atoms with E-state index in [-0.39, 0.29) is 29.4 Å². The van der Waals surface area contributed by atoms with Gasteiger partial charge in [0.25, 0.3) is 11.8 Å². The van der Waals surface area contributed by atoms with E-state index in [4.69, 9.17) is 9.47 Å². The van der Waals surface area contributed by atoms with Crippen LogP contribution >= 0.6 is 15.9 Å². The zero-order valence-corrected chi connectivity index (χ0v) is 17.1. The van der Waals surface area contributed by atoms with E-state index < -0.39 is 23.7 Å². The number of esters is 1. The molecule has 0 unspecified atom stereocenters. The lowest BCUT2D eigenvalue weighted by Gasteiger charge is -2.23. The number of halogens is 1. The van der Waals surface area contributed by atoms with E-state index in [1.807, 2.05) is 0 Å². The van der Waals surface area contributed by atoms with Crippen molar-refractivity contribution in [3.8, 4) is 0 Å². The number of hydrogen-bond acceptors (Lipinski definition) is 6. The molecule has 0 saturated heterocycles. The first-order valence-electron chi connectivity index (χ1n) is 8.44. The maximum absolute atomic E-state index is 12.0. The number of carbonyl (C=O) groups excluding carboxylic acids is 4. The van der Waals surface area contributed by atoms with Gasteiger partial charge in [-0.25, -0.2) is 9.59 Å². The van der Waals surface area contributed by atoms with Crippen molar-refractivity contribution in [2.24, 2.45) is 0 Å². The lowest BCUT2D eigenvalue weighted by molar-refractivity contribution is -0.146. The fraction of sp³-hybridized carbons (Fsp3) is 0.647. The normalized spacial score (nSPS) is 15.6. The van der Waals surface area contributed by atoms with Gasteiger partial charge in [0, 0.05) is 12.6 Å². The summed E-state index contributed by atoms with van der Waals surface area (Å²) < 4.78 is 10.4. The Kier molecular flexibility index (Phi) is 8.26. The molecule has 1 atom stereocenters. The van der Waals surface area contributed by atoms with Crippen LogP contribution < -0.4 is 5.32 Å². The van der Waals surface area contributed by atoms with E-state index in [0.29, 0.717) is 19.3 Å². The third kappa shape index (κ3) is 7.15. The molecular weight excluding hydrogens is 408 g/mol. The Morgan fingerprint density at radius 1 is 1.27 bits per heavy atom. The summed E-state index contributed by atoms with van der Waals surface area (Å²) in [6.07, 6.45) is 1.84. The highest BCUT2D eigenvalue weighted by Crippen LogP contribution is 2.19. The number of ether oxygens (including phenoxy) is 2. The van der Waals surface area contributed by atoms with Crippen molar-refractivity contribution in [3.63, 3.8) is 0 Å². The van der Waals surface area contributed by atoms with Crippen molar-refractivity contribution in [1.82, 2.24) is 10.2 Å². The number of rotatable bonds is 8. The largest absolute Gasteiger partial charge is 0.464 e. The van der Waals surface area contributed by atoms with Crippen molar-refractivity contribution in [3.05, 3.63) is 10.6 Å². The molecule has 1 heterocycles. The van der Waals surface area contributed by atoms with Gasteiger partial charge in [0.2, 0.25) is 0 Å². The van der Waals surface area contributed by atoms with Gasteiger partial charge < -0.3 is 14.8 Å². The quantitative estimate of drug-likeness (QED) is 0.358. The number of nitrogens with zero attached hydrogens (tertiary/aromatic N) is 1. The highest BCUT2D eigenvalue weighted by molar-refractivity contribution is 9.12. The Morgan fingerprint density at radius 3 is 2.42 bits per heavy atom. The number of alkyl carbamates (subject to hydrolysis) is 1. The fourth-order valence-electron chi connectivity index (χ4n) is 2.25. The van der Waals surface area contributed by atoms with Crippen LogP contribution in [0.25, 0.3) is 0 Å². The molecule has 1 aliphatic heterocycles. The first kappa shape index (κ1) is 22.1. The van der Waals surface area contributed by atoms with Gasteiger partial charge in [-0.15, -0.1) is 0 Å². The van der Waals surface area contributed by atoms with E-state index in [1.165, 1.54) is 6.08 Å². The van der Waals surface area contributed by atoms with Crippen LogP contribution in [0.15, 0.2) is 10.6 Å². The minimum Gasteiger partial charge on any atom is -0.464 e. The van der Waals surface area contributed by atoms with Crippen LogP contribution in [0.2, 0.25) is 0 Å². The summed E-state index contributed by atoms with van der Waals surface area (Å²) in [5.41, 5.74) is -0.680. The zero-order valence-electron chi connectivity index (χ0n) is 15.5. The molecule has 8 nitrogen and oxygen atoms in total. The van der Waals surface area contributed by atoms with E-state index in [2.05, 4.69) is 21.2 Å². The molecule has 26 heavy (non-hydrogen) atoms.